The number of likely N-dealkylation sites (N-methyl/N-ethyl adjacent to an activating group) is 2. The normalized spacial score (nSPS) is 13.8. The van der Waals surface area contributed by atoms with Gasteiger partial charge < -0.3 is 29.1 Å². The number of anilines is 6. The summed E-state index contributed by atoms with van der Waals surface area (Å²) in [6, 6.07) is 52.0. The number of para-hydroxylation sites is 2. The van der Waals surface area contributed by atoms with Gasteiger partial charge >= 0.3 is 0 Å². The lowest BCUT2D eigenvalue weighted by Crippen LogP contribution is -2.25. The Hall–Kier alpha value is -7.06. The molecule has 8 nitrogen and oxygen atoms in total. The summed E-state index contributed by atoms with van der Waals surface area (Å²) in [7, 11) is 6.77. The molecule has 266 valence electrons. The van der Waals surface area contributed by atoms with E-state index in [2.05, 4.69) is 34.1 Å². The van der Waals surface area contributed by atoms with Crippen molar-refractivity contribution in [3.8, 4) is 11.5 Å². The Kier molecular flexibility index (Phi) is 8.93. The number of benzene rings is 6. The van der Waals surface area contributed by atoms with E-state index in [-0.39, 0.29) is 11.8 Å². The molecular formula is C46H38N4O4. The van der Waals surface area contributed by atoms with Crippen molar-refractivity contribution in [1.82, 2.24) is 9.80 Å². The second-order valence-corrected chi connectivity index (χ2v) is 13.0. The number of hydrogen-bond acceptors (Lipinski definition) is 6. The number of methoxy groups -OCH3 is 2. The van der Waals surface area contributed by atoms with Crippen LogP contribution in [-0.4, -0.2) is 49.9 Å². The lowest BCUT2D eigenvalue weighted by atomic mass is 10.0. The van der Waals surface area contributed by atoms with Crippen molar-refractivity contribution in [2.75, 3.05) is 38.1 Å². The van der Waals surface area contributed by atoms with Crippen molar-refractivity contribution >= 4 is 57.3 Å². The van der Waals surface area contributed by atoms with Gasteiger partial charge in [-0.1, -0.05) is 60.7 Å². The van der Waals surface area contributed by atoms with Crippen LogP contribution in [0.1, 0.15) is 11.1 Å². The number of nitrogens with zero attached hydrogens (tertiary/aromatic N) is 4. The van der Waals surface area contributed by atoms with Gasteiger partial charge in [0.1, 0.15) is 11.5 Å². The minimum atomic E-state index is -0.214. The van der Waals surface area contributed by atoms with Gasteiger partial charge in [-0.2, -0.15) is 0 Å². The summed E-state index contributed by atoms with van der Waals surface area (Å²) in [6.45, 7) is 0. The summed E-state index contributed by atoms with van der Waals surface area (Å²) in [5.41, 5.74) is 9.35. The zero-order valence-corrected chi connectivity index (χ0v) is 30.4. The second kappa shape index (κ2) is 14.2. The highest BCUT2D eigenvalue weighted by atomic mass is 16.5. The predicted octanol–water partition coefficient (Wildman–Crippen LogP) is 9.71. The highest BCUT2D eigenvalue weighted by Gasteiger charge is 2.46. The van der Waals surface area contributed by atoms with Crippen LogP contribution in [0.25, 0.3) is 11.4 Å². The zero-order chi connectivity index (χ0) is 37.3. The molecule has 8 heteroatoms. The highest BCUT2D eigenvalue weighted by Crippen LogP contribution is 2.46. The largest absolute Gasteiger partial charge is 0.497 e. The number of amides is 2. The third-order valence-electron chi connectivity index (χ3n) is 9.92. The number of carbonyl (C=O) groups is 2. The van der Waals surface area contributed by atoms with Crippen LogP contribution in [0.5, 0.6) is 11.5 Å². The molecule has 0 aliphatic carbocycles. The minimum absolute atomic E-state index is 0.214. The van der Waals surface area contributed by atoms with Gasteiger partial charge in [0.2, 0.25) is 0 Å². The molecule has 0 N–H and O–H groups in total. The van der Waals surface area contributed by atoms with Gasteiger partial charge in [0.05, 0.1) is 36.8 Å². The Morgan fingerprint density at radius 2 is 0.667 bits per heavy atom. The lowest BCUT2D eigenvalue weighted by molar-refractivity contribution is -0.123. The predicted molar refractivity (Wildman–Crippen MR) is 215 cm³/mol. The third kappa shape index (κ3) is 5.93. The van der Waals surface area contributed by atoms with Gasteiger partial charge in [0, 0.05) is 48.2 Å². The Bertz CT molecular complexity index is 2220. The summed E-state index contributed by atoms with van der Waals surface area (Å²) in [5.74, 6) is 1.12. The zero-order valence-electron chi connectivity index (χ0n) is 30.4. The van der Waals surface area contributed by atoms with Crippen molar-refractivity contribution in [3.05, 3.63) is 180 Å². The van der Waals surface area contributed by atoms with Crippen molar-refractivity contribution in [2.24, 2.45) is 0 Å². The van der Waals surface area contributed by atoms with E-state index in [4.69, 9.17) is 9.47 Å². The first kappa shape index (κ1) is 34.0. The molecule has 2 aliphatic rings. The standard InChI is InChI=1S/C46H38N4O4/c1-47-43(31-15-19-35(20-16-31)49(33-11-7-5-8-12-33)37-23-27-39(53-3)28-24-37)41-42(45(47)51)44(48(2)46(41)52)32-17-21-36(22-18-32)50(34-13-9-6-10-14-34)38-25-29-40(54-4)30-26-38/h5-30H,1-4H3. The highest BCUT2D eigenvalue weighted by molar-refractivity contribution is 6.30. The molecule has 0 unspecified atom stereocenters. The first-order chi connectivity index (χ1) is 26.4. The maximum atomic E-state index is 14.1. The summed E-state index contributed by atoms with van der Waals surface area (Å²) in [5, 5.41) is 0. The van der Waals surface area contributed by atoms with E-state index in [1.165, 1.54) is 0 Å². The number of carbonyl (C=O) groups excluding carboxylic acids is 2. The number of rotatable bonds is 10. The van der Waals surface area contributed by atoms with Crippen LogP contribution in [0, 0.1) is 0 Å². The average Bonchev–Trinajstić information content (AvgIpc) is 3.63. The van der Waals surface area contributed by atoms with E-state index in [0.717, 1.165) is 56.8 Å². The Balaban J connectivity index is 1.16. The molecule has 2 aliphatic heterocycles. The molecule has 0 radical (unpaired) electrons. The Morgan fingerprint density at radius 3 is 0.963 bits per heavy atom. The van der Waals surface area contributed by atoms with Gasteiger partial charge in [-0.25, -0.2) is 0 Å². The number of hydrogen-bond donors (Lipinski definition) is 0. The molecule has 0 bridgehead atoms. The molecule has 0 aromatic heterocycles. The van der Waals surface area contributed by atoms with Crippen LogP contribution in [0.3, 0.4) is 0 Å². The maximum Gasteiger partial charge on any atom is 0.261 e. The van der Waals surface area contributed by atoms with E-state index in [0.29, 0.717) is 22.5 Å². The molecule has 8 rings (SSSR count). The van der Waals surface area contributed by atoms with Gasteiger partial charge in [-0.15, -0.1) is 0 Å². The summed E-state index contributed by atoms with van der Waals surface area (Å²) in [4.78, 5) is 35.6. The fourth-order valence-electron chi connectivity index (χ4n) is 7.25. The molecule has 6 aromatic rings. The van der Waals surface area contributed by atoms with Crippen LogP contribution in [0.4, 0.5) is 34.1 Å². The van der Waals surface area contributed by atoms with E-state index in [1.54, 1.807) is 38.1 Å². The van der Waals surface area contributed by atoms with Crippen LogP contribution >= 0.6 is 0 Å². The molecule has 0 spiro atoms. The van der Waals surface area contributed by atoms with Gasteiger partial charge in [-0.05, 0) is 108 Å². The Labute approximate surface area is 315 Å². The third-order valence-corrected chi connectivity index (χ3v) is 9.92. The number of fused-ring (bicyclic) bond motifs is 1. The summed E-state index contributed by atoms with van der Waals surface area (Å²) in [6.07, 6.45) is 0. The quantitative estimate of drug-likeness (QED) is 0.141. The van der Waals surface area contributed by atoms with E-state index >= 15 is 0 Å². The molecule has 54 heavy (non-hydrogen) atoms. The minimum Gasteiger partial charge on any atom is -0.497 e. The number of ether oxygens (including phenoxy) is 2. The van der Waals surface area contributed by atoms with Crippen molar-refractivity contribution < 1.29 is 19.1 Å². The smallest absolute Gasteiger partial charge is 0.261 e. The van der Waals surface area contributed by atoms with Crippen LogP contribution < -0.4 is 19.3 Å². The lowest BCUT2D eigenvalue weighted by Gasteiger charge is -2.26. The molecule has 6 aromatic carbocycles. The molecular weight excluding hydrogens is 673 g/mol. The fraction of sp³-hybridized carbons (Fsp3) is 0.0870. The van der Waals surface area contributed by atoms with E-state index < -0.39 is 0 Å². The van der Waals surface area contributed by atoms with Crippen LogP contribution in [0.2, 0.25) is 0 Å². The summed E-state index contributed by atoms with van der Waals surface area (Å²) >= 11 is 0. The Morgan fingerprint density at radius 1 is 0.389 bits per heavy atom. The van der Waals surface area contributed by atoms with Crippen molar-refractivity contribution in [2.45, 2.75) is 0 Å². The molecule has 2 amide bonds. The van der Waals surface area contributed by atoms with Gasteiger partial charge in [0.15, 0.2) is 0 Å². The maximum absolute atomic E-state index is 14.1. The molecule has 2 heterocycles. The van der Waals surface area contributed by atoms with Crippen LogP contribution in [0.15, 0.2) is 169 Å². The first-order valence-corrected chi connectivity index (χ1v) is 17.6. The first-order valence-electron chi connectivity index (χ1n) is 17.6. The fourth-order valence-corrected chi connectivity index (χ4v) is 7.25. The summed E-state index contributed by atoms with van der Waals surface area (Å²) < 4.78 is 10.8. The molecule has 0 fully saturated rings. The van der Waals surface area contributed by atoms with Crippen LogP contribution in [-0.2, 0) is 9.59 Å². The molecule has 0 saturated heterocycles. The van der Waals surface area contributed by atoms with Gasteiger partial charge in [-0.3, -0.25) is 9.59 Å². The molecule has 0 atom stereocenters. The van der Waals surface area contributed by atoms with E-state index in [9.17, 15) is 9.59 Å². The molecule has 0 saturated carbocycles. The average molecular weight is 711 g/mol. The van der Waals surface area contributed by atoms with E-state index in [1.807, 2.05) is 133 Å². The van der Waals surface area contributed by atoms with Crippen molar-refractivity contribution in [1.29, 1.82) is 0 Å². The van der Waals surface area contributed by atoms with Crippen molar-refractivity contribution in [3.63, 3.8) is 0 Å². The SMILES string of the molecule is COc1ccc(N(c2ccccc2)c2ccc(C3=C4C(=O)N(C)C(c5ccc(N(c6ccccc6)c6ccc(OC)cc6)cc5)=C4C(=O)N3C)cc2)cc1. The second-order valence-electron chi connectivity index (χ2n) is 13.0. The monoisotopic (exact) mass is 710 g/mol. The van der Waals surface area contributed by atoms with Gasteiger partial charge in [0.25, 0.3) is 11.8 Å². The topological polar surface area (TPSA) is 65.6 Å².